The summed E-state index contributed by atoms with van der Waals surface area (Å²) in [5.74, 6) is 0. The van der Waals surface area contributed by atoms with Crippen molar-refractivity contribution in [3.8, 4) is 0 Å². The zero-order valence-corrected chi connectivity index (χ0v) is 9.24. The van der Waals surface area contributed by atoms with Crippen LogP contribution >= 0.6 is 0 Å². The largest absolute Gasteiger partial charge is 0.393 e. The molecule has 0 aliphatic carbocycles. The molecule has 0 amide bonds. The van der Waals surface area contributed by atoms with E-state index < -0.39 is 11.2 Å². The summed E-state index contributed by atoms with van der Waals surface area (Å²) in [5.41, 5.74) is 0. The molecule has 16 heavy (non-hydrogen) atoms. The first kappa shape index (κ1) is 17.0. The lowest BCUT2D eigenvalue weighted by Crippen LogP contribution is -2.13. The average molecular weight is 238 g/mol. The molecule has 8 heteroatoms. The fourth-order valence-electron chi connectivity index (χ4n) is 1.03. The molecule has 1 atom stereocenters. The Balaban J connectivity index is 0. The van der Waals surface area contributed by atoms with Crippen LogP contribution in [0.25, 0.3) is 0 Å². The van der Waals surface area contributed by atoms with E-state index in [1.165, 1.54) is 0 Å². The van der Waals surface area contributed by atoms with E-state index in [0.717, 1.165) is 19.3 Å². The summed E-state index contributed by atoms with van der Waals surface area (Å²) in [5, 5.41) is 32.8. The summed E-state index contributed by atoms with van der Waals surface area (Å²) in [7, 11) is 0. The van der Waals surface area contributed by atoms with Crippen LogP contribution in [0.2, 0.25) is 0 Å². The molecule has 0 spiro atoms. The Kier molecular flexibility index (Phi) is 12.3. The van der Waals surface area contributed by atoms with E-state index in [4.69, 9.17) is 15.3 Å². The molecular weight excluding hydrogens is 220 g/mol. The molecule has 0 aromatic carbocycles. The number of aliphatic hydroxyl groups excluding tert-OH is 1. The second-order valence-corrected chi connectivity index (χ2v) is 3.23. The molecule has 0 aromatic rings. The van der Waals surface area contributed by atoms with Gasteiger partial charge in [-0.25, -0.2) is 0 Å². The van der Waals surface area contributed by atoms with Crippen LogP contribution in [0, 0.1) is 20.2 Å². The molecule has 0 aliphatic rings. The molecule has 0 saturated carbocycles. The Morgan fingerprint density at radius 3 is 2.06 bits per heavy atom. The molecule has 0 rings (SSSR count). The van der Waals surface area contributed by atoms with E-state index in [1.54, 1.807) is 0 Å². The van der Waals surface area contributed by atoms with Crippen LogP contribution in [0.5, 0.6) is 0 Å². The molecule has 0 aromatic heterocycles. The third-order valence-electron chi connectivity index (χ3n) is 1.79. The SMILES string of the molecule is CCCCCC(O)CC[N+](=O)[O-].O=[N+]([O-])O. The van der Waals surface area contributed by atoms with Gasteiger partial charge >= 0.3 is 0 Å². The zero-order valence-electron chi connectivity index (χ0n) is 9.24. The number of nitro groups is 1. The lowest BCUT2D eigenvalue weighted by molar-refractivity contribution is -0.742. The van der Waals surface area contributed by atoms with Crippen LogP contribution in [0.3, 0.4) is 0 Å². The van der Waals surface area contributed by atoms with E-state index in [0.29, 0.717) is 6.42 Å². The Morgan fingerprint density at radius 1 is 1.19 bits per heavy atom. The second kappa shape index (κ2) is 11.6. The Hall–Kier alpha value is -1.44. The standard InChI is InChI=1S/C8H17NO3.HNO3/c1-2-3-4-5-8(10)6-7-9(11)12;2-1(3)4/h8,10H,2-7H2,1H3;(H,2,3,4). The maximum Gasteiger partial charge on any atom is 0.291 e. The summed E-state index contributed by atoms with van der Waals surface area (Å²) >= 11 is 0. The Labute approximate surface area is 93.1 Å². The van der Waals surface area contributed by atoms with Gasteiger partial charge < -0.3 is 10.3 Å². The molecule has 0 saturated heterocycles. The fourth-order valence-corrected chi connectivity index (χ4v) is 1.03. The molecule has 0 heterocycles. The van der Waals surface area contributed by atoms with Gasteiger partial charge in [-0.3, -0.25) is 10.1 Å². The minimum atomic E-state index is -1.50. The van der Waals surface area contributed by atoms with E-state index in [-0.39, 0.29) is 17.9 Å². The Bertz CT molecular complexity index is 195. The highest BCUT2D eigenvalue weighted by Gasteiger charge is 2.07. The Morgan fingerprint density at radius 2 is 1.69 bits per heavy atom. The maximum atomic E-state index is 9.93. The summed E-state index contributed by atoms with van der Waals surface area (Å²) < 4.78 is 0. The first-order valence-electron chi connectivity index (χ1n) is 5.03. The molecule has 0 radical (unpaired) electrons. The lowest BCUT2D eigenvalue weighted by Gasteiger charge is -2.06. The number of unbranched alkanes of at least 4 members (excludes halogenated alkanes) is 2. The summed E-state index contributed by atoms with van der Waals surface area (Å²) in [6, 6.07) is 0. The molecule has 96 valence electrons. The van der Waals surface area contributed by atoms with Crippen molar-refractivity contribution in [2.24, 2.45) is 0 Å². The van der Waals surface area contributed by atoms with Gasteiger partial charge in [0.25, 0.3) is 5.09 Å². The smallest absolute Gasteiger partial charge is 0.291 e. The number of nitrogens with zero attached hydrogens (tertiary/aromatic N) is 2. The highest BCUT2D eigenvalue weighted by molar-refractivity contribution is 4.54. The van der Waals surface area contributed by atoms with E-state index >= 15 is 0 Å². The van der Waals surface area contributed by atoms with Crippen molar-refractivity contribution in [2.45, 2.75) is 45.1 Å². The van der Waals surface area contributed by atoms with Gasteiger partial charge in [-0.2, -0.15) is 0 Å². The number of hydrogen-bond acceptors (Lipinski definition) is 5. The minimum Gasteiger partial charge on any atom is -0.393 e. The average Bonchev–Trinajstić information content (AvgIpc) is 2.14. The quantitative estimate of drug-likeness (QED) is 0.390. The highest BCUT2D eigenvalue weighted by Crippen LogP contribution is 2.05. The maximum absolute atomic E-state index is 9.93. The summed E-state index contributed by atoms with van der Waals surface area (Å²) in [4.78, 5) is 17.9. The van der Waals surface area contributed by atoms with Gasteiger partial charge in [0.2, 0.25) is 6.54 Å². The predicted octanol–water partition coefficient (Wildman–Crippen LogP) is 1.25. The number of aliphatic hydroxyl groups is 1. The van der Waals surface area contributed by atoms with Crippen molar-refractivity contribution < 1.29 is 20.3 Å². The fraction of sp³-hybridized carbons (Fsp3) is 1.00. The second-order valence-electron chi connectivity index (χ2n) is 3.23. The van der Waals surface area contributed by atoms with Gasteiger partial charge in [0.1, 0.15) is 0 Å². The first-order chi connectivity index (χ1) is 7.40. The van der Waals surface area contributed by atoms with E-state index in [2.05, 4.69) is 6.92 Å². The van der Waals surface area contributed by atoms with Crippen LogP contribution < -0.4 is 0 Å². The van der Waals surface area contributed by atoms with Gasteiger partial charge in [0.05, 0.1) is 6.10 Å². The van der Waals surface area contributed by atoms with Crippen LogP contribution in [0.1, 0.15) is 39.0 Å². The van der Waals surface area contributed by atoms with Crippen LogP contribution in [-0.4, -0.2) is 33.0 Å². The molecule has 1 unspecified atom stereocenters. The van der Waals surface area contributed by atoms with Gasteiger partial charge in [0, 0.05) is 11.3 Å². The highest BCUT2D eigenvalue weighted by atomic mass is 16.9. The topological polar surface area (TPSA) is 127 Å². The number of hydrogen-bond donors (Lipinski definition) is 2. The summed E-state index contributed by atoms with van der Waals surface area (Å²) in [6.45, 7) is 1.97. The van der Waals surface area contributed by atoms with Gasteiger partial charge in [0.15, 0.2) is 0 Å². The first-order valence-corrected chi connectivity index (χ1v) is 5.03. The molecular formula is C8H18N2O6. The predicted molar refractivity (Wildman–Crippen MR) is 55.4 cm³/mol. The van der Waals surface area contributed by atoms with Crippen molar-refractivity contribution in [1.29, 1.82) is 0 Å². The minimum absolute atomic E-state index is 0.118. The van der Waals surface area contributed by atoms with Gasteiger partial charge in [-0.15, -0.1) is 10.1 Å². The van der Waals surface area contributed by atoms with Crippen molar-refractivity contribution in [1.82, 2.24) is 0 Å². The zero-order chi connectivity index (χ0) is 13.0. The van der Waals surface area contributed by atoms with Crippen molar-refractivity contribution in [2.75, 3.05) is 6.54 Å². The van der Waals surface area contributed by atoms with Gasteiger partial charge in [-0.05, 0) is 6.42 Å². The molecule has 0 fully saturated rings. The third kappa shape index (κ3) is 22.9. The molecule has 2 N–H and O–H groups in total. The van der Waals surface area contributed by atoms with Crippen molar-refractivity contribution in [3.05, 3.63) is 20.2 Å². The molecule has 0 bridgehead atoms. The van der Waals surface area contributed by atoms with Crippen molar-refractivity contribution >= 4 is 0 Å². The van der Waals surface area contributed by atoms with E-state index in [1.807, 2.05) is 0 Å². The normalized spacial score (nSPS) is 11.1. The van der Waals surface area contributed by atoms with Gasteiger partial charge in [-0.1, -0.05) is 26.2 Å². The van der Waals surface area contributed by atoms with Crippen molar-refractivity contribution in [3.63, 3.8) is 0 Å². The summed E-state index contributed by atoms with van der Waals surface area (Å²) in [6.07, 6.45) is 3.67. The van der Waals surface area contributed by atoms with E-state index in [9.17, 15) is 15.2 Å². The van der Waals surface area contributed by atoms with Crippen LogP contribution in [-0.2, 0) is 0 Å². The monoisotopic (exact) mass is 238 g/mol. The lowest BCUT2D eigenvalue weighted by atomic mass is 10.1. The third-order valence-corrected chi connectivity index (χ3v) is 1.79. The van der Waals surface area contributed by atoms with Crippen LogP contribution in [0.15, 0.2) is 0 Å². The molecule has 0 aliphatic heterocycles. The molecule has 8 nitrogen and oxygen atoms in total. The van der Waals surface area contributed by atoms with Crippen LogP contribution in [0.4, 0.5) is 0 Å². The number of rotatable bonds is 7.